The second kappa shape index (κ2) is 6.80. The first-order chi connectivity index (χ1) is 10.5. The number of anilines is 1. The molecular formula is C16H19N3O3. The zero-order valence-corrected chi connectivity index (χ0v) is 12.8. The lowest BCUT2D eigenvalue weighted by Gasteiger charge is -2.13. The standard InChI is InChI=1S/C16H19N3O3/c1-10-13(21-3)5-4-6-14(10)22-15-8-7-12(9-18-15)19-11(2)16(17)20/h4-9,11,19H,1-3H3,(H2,17,20)/t11-/m1/s1. The largest absolute Gasteiger partial charge is 0.496 e. The molecular weight excluding hydrogens is 282 g/mol. The molecule has 116 valence electrons. The summed E-state index contributed by atoms with van der Waals surface area (Å²) in [5, 5.41) is 2.95. The molecule has 1 aromatic heterocycles. The number of amides is 1. The van der Waals surface area contributed by atoms with Gasteiger partial charge in [0.05, 0.1) is 19.0 Å². The van der Waals surface area contributed by atoms with Crippen LogP contribution in [0.25, 0.3) is 0 Å². The molecule has 1 atom stereocenters. The first kappa shape index (κ1) is 15.6. The van der Waals surface area contributed by atoms with E-state index in [-0.39, 0.29) is 0 Å². The highest BCUT2D eigenvalue weighted by Crippen LogP contribution is 2.30. The van der Waals surface area contributed by atoms with E-state index in [1.807, 2.05) is 25.1 Å². The number of nitrogens with one attached hydrogen (secondary N) is 1. The maximum atomic E-state index is 11.0. The number of pyridine rings is 1. The van der Waals surface area contributed by atoms with Crippen LogP contribution in [0.5, 0.6) is 17.4 Å². The Morgan fingerprint density at radius 2 is 2.00 bits per heavy atom. The van der Waals surface area contributed by atoms with Gasteiger partial charge in [-0.3, -0.25) is 4.79 Å². The Hall–Kier alpha value is -2.76. The van der Waals surface area contributed by atoms with Crippen molar-refractivity contribution in [3.8, 4) is 17.4 Å². The summed E-state index contributed by atoms with van der Waals surface area (Å²) in [5.41, 5.74) is 6.80. The number of carbonyl (C=O) groups is 1. The van der Waals surface area contributed by atoms with Gasteiger partial charge in [0.1, 0.15) is 17.5 Å². The molecule has 1 heterocycles. The number of nitrogens with two attached hydrogens (primary N) is 1. The minimum Gasteiger partial charge on any atom is -0.496 e. The molecule has 0 fully saturated rings. The van der Waals surface area contributed by atoms with Gasteiger partial charge in [-0.1, -0.05) is 6.07 Å². The normalized spacial score (nSPS) is 11.6. The zero-order valence-electron chi connectivity index (χ0n) is 12.8. The van der Waals surface area contributed by atoms with Crippen LogP contribution in [0.4, 0.5) is 5.69 Å². The average Bonchev–Trinajstić information content (AvgIpc) is 2.51. The number of ether oxygens (including phenoxy) is 2. The van der Waals surface area contributed by atoms with Crippen LogP contribution in [0.15, 0.2) is 36.5 Å². The summed E-state index contributed by atoms with van der Waals surface area (Å²) in [6.45, 7) is 3.60. The highest BCUT2D eigenvalue weighted by atomic mass is 16.5. The first-order valence-electron chi connectivity index (χ1n) is 6.84. The Labute approximate surface area is 129 Å². The van der Waals surface area contributed by atoms with Crippen LogP contribution in [-0.4, -0.2) is 24.0 Å². The molecule has 1 amide bonds. The van der Waals surface area contributed by atoms with E-state index in [0.29, 0.717) is 17.3 Å². The zero-order chi connectivity index (χ0) is 16.1. The van der Waals surface area contributed by atoms with Crippen LogP contribution in [0.2, 0.25) is 0 Å². The van der Waals surface area contributed by atoms with Crippen molar-refractivity contribution in [1.82, 2.24) is 4.98 Å². The van der Waals surface area contributed by atoms with Crippen LogP contribution in [-0.2, 0) is 4.79 Å². The van der Waals surface area contributed by atoms with Gasteiger partial charge < -0.3 is 20.5 Å². The maximum Gasteiger partial charge on any atom is 0.239 e. The molecule has 22 heavy (non-hydrogen) atoms. The summed E-state index contributed by atoms with van der Waals surface area (Å²) in [5.74, 6) is 1.46. The molecule has 0 saturated carbocycles. The lowest BCUT2D eigenvalue weighted by molar-refractivity contribution is -0.118. The van der Waals surface area contributed by atoms with Crippen molar-refractivity contribution in [2.75, 3.05) is 12.4 Å². The molecule has 0 aliphatic heterocycles. The van der Waals surface area contributed by atoms with E-state index >= 15 is 0 Å². The molecule has 6 nitrogen and oxygen atoms in total. The highest BCUT2D eigenvalue weighted by molar-refractivity contribution is 5.82. The molecule has 0 aliphatic carbocycles. The first-order valence-corrected chi connectivity index (χ1v) is 6.84. The van der Waals surface area contributed by atoms with E-state index < -0.39 is 11.9 Å². The predicted octanol–water partition coefficient (Wildman–Crippen LogP) is 2.48. The van der Waals surface area contributed by atoms with Crippen LogP contribution < -0.4 is 20.5 Å². The smallest absolute Gasteiger partial charge is 0.239 e. The maximum absolute atomic E-state index is 11.0. The minimum atomic E-state index is -0.464. The van der Waals surface area contributed by atoms with Crippen LogP contribution >= 0.6 is 0 Å². The molecule has 2 rings (SSSR count). The highest BCUT2D eigenvalue weighted by Gasteiger charge is 2.09. The average molecular weight is 301 g/mol. The predicted molar refractivity (Wildman–Crippen MR) is 84.3 cm³/mol. The van der Waals surface area contributed by atoms with E-state index in [9.17, 15) is 4.79 Å². The summed E-state index contributed by atoms with van der Waals surface area (Å²) in [6.07, 6.45) is 1.59. The lowest BCUT2D eigenvalue weighted by atomic mass is 10.2. The van der Waals surface area contributed by atoms with Gasteiger partial charge in [-0.25, -0.2) is 4.98 Å². The second-order valence-electron chi connectivity index (χ2n) is 4.84. The van der Waals surface area contributed by atoms with Gasteiger partial charge in [0.2, 0.25) is 11.8 Å². The molecule has 6 heteroatoms. The molecule has 2 aromatic rings. The Bertz CT molecular complexity index is 656. The molecule has 0 radical (unpaired) electrons. The lowest BCUT2D eigenvalue weighted by Crippen LogP contribution is -2.32. The number of rotatable bonds is 6. The Morgan fingerprint density at radius 1 is 1.27 bits per heavy atom. The van der Waals surface area contributed by atoms with E-state index in [0.717, 1.165) is 11.3 Å². The monoisotopic (exact) mass is 301 g/mol. The van der Waals surface area contributed by atoms with Crippen LogP contribution in [0, 0.1) is 6.92 Å². The molecule has 0 spiro atoms. The third kappa shape index (κ3) is 3.66. The molecule has 1 aromatic carbocycles. The number of hydrogen-bond donors (Lipinski definition) is 2. The number of benzene rings is 1. The van der Waals surface area contributed by atoms with Gasteiger partial charge in [0.25, 0.3) is 0 Å². The second-order valence-corrected chi connectivity index (χ2v) is 4.84. The summed E-state index contributed by atoms with van der Waals surface area (Å²) < 4.78 is 11.0. The third-order valence-electron chi connectivity index (χ3n) is 3.22. The van der Waals surface area contributed by atoms with Crippen LogP contribution in [0.3, 0.4) is 0 Å². The van der Waals surface area contributed by atoms with E-state index in [2.05, 4.69) is 10.3 Å². The quantitative estimate of drug-likeness (QED) is 0.856. The van der Waals surface area contributed by atoms with Crippen molar-refractivity contribution in [2.24, 2.45) is 5.73 Å². The number of nitrogens with zero attached hydrogens (tertiary/aromatic N) is 1. The summed E-state index contributed by atoms with van der Waals surface area (Å²) in [7, 11) is 1.62. The summed E-state index contributed by atoms with van der Waals surface area (Å²) in [6, 6.07) is 8.60. The third-order valence-corrected chi connectivity index (χ3v) is 3.22. The van der Waals surface area contributed by atoms with Gasteiger partial charge in [-0.05, 0) is 32.0 Å². The van der Waals surface area contributed by atoms with Crippen molar-refractivity contribution in [3.05, 3.63) is 42.1 Å². The number of aromatic nitrogens is 1. The van der Waals surface area contributed by atoms with Gasteiger partial charge in [-0.15, -0.1) is 0 Å². The molecule has 0 aliphatic rings. The molecule has 0 bridgehead atoms. The fourth-order valence-corrected chi connectivity index (χ4v) is 1.89. The fourth-order valence-electron chi connectivity index (χ4n) is 1.89. The number of hydrogen-bond acceptors (Lipinski definition) is 5. The van der Waals surface area contributed by atoms with Crippen molar-refractivity contribution in [2.45, 2.75) is 19.9 Å². The van der Waals surface area contributed by atoms with E-state index in [1.54, 1.807) is 32.4 Å². The fraction of sp³-hybridized carbons (Fsp3) is 0.250. The van der Waals surface area contributed by atoms with Crippen molar-refractivity contribution in [3.63, 3.8) is 0 Å². The Kier molecular flexibility index (Phi) is 4.83. The number of carbonyl (C=O) groups excluding carboxylic acids is 1. The SMILES string of the molecule is COc1cccc(Oc2ccc(N[C@H](C)C(N)=O)cn2)c1C. The number of methoxy groups -OCH3 is 1. The Balaban J connectivity index is 2.10. The van der Waals surface area contributed by atoms with Gasteiger partial charge >= 0.3 is 0 Å². The van der Waals surface area contributed by atoms with Crippen molar-refractivity contribution in [1.29, 1.82) is 0 Å². The van der Waals surface area contributed by atoms with Gasteiger partial charge in [0.15, 0.2) is 0 Å². The minimum absolute atomic E-state index is 0.424. The molecule has 3 N–H and O–H groups in total. The number of primary amides is 1. The van der Waals surface area contributed by atoms with E-state index in [4.69, 9.17) is 15.2 Å². The Morgan fingerprint density at radius 3 is 2.59 bits per heavy atom. The van der Waals surface area contributed by atoms with E-state index in [1.165, 1.54) is 0 Å². The topological polar surface area (TPSA) is 86.5 Å². The summed E-state index contributed by atoms with van der Waals surface area (Å²) in [4.78, 5) is 15.2. The molecule has 0 unspecified atom stereocenters. The molecule has 0 saturated heterocycles. The van der Waals surface area contributed by atoms with Crippen molar-refractivity contribution < 1.29 is 14.3 Å². The van der Waals surface area contributed by atoms with Gasteiger partial charge in [-0.2, -0.15) is 0 Å². The van der Waals surface area contributed by atoms with Gasteiger partial charge in [0, 0.05) is 11.6 Å². The van der Waals surface area contributed by atoms with Crippen molar-refractivity contribution >= 4 is 11.6 Å². The van der Waals surface area contributed by atoms with Crippen LogP contribution in [0.1, 0.15) is 12.5 Å². The summed E-state index contributed by atoms with van der Waals surface area (Å²) >= 11 is 0.